The van der Waals surface area contributed by atoms with E-state index in [9.17, 15) is 29.8 Å². The standard InChI is InChI=1S/C22H16O9S3.Na/c23-32(24,25)20-12-11-16-14-21(30-33(26,27)18-7-3-1-4-8-18)22(15-17(16)13-20)31-34(28,29)19-9-5-2-6-10-19;/h1-15H,(H,23,24,25);/q;+1/p-1. The van der Waals surface area contributed by atoms with Crippen molar-refractivity contribution >= 4 is 41.1 Å². The summed E-state index contributed by atoms with van der Waals surface area (Å²) in [5.74, 6) is -0.968. The first-order chi connectivity index (χ1) is 16.0. The molecule has 0 spiro atoms. The van der Waals surface area contributed by atoms with Crippen LogP contribution in [0, 0.1) is 0 Å². The third kappa shape index (κ3) is 6.22. The normalized spacial score (nSPS) is 12.0. The van der Waals surface area contributed by atoms with Crippen LogP contribution in [0.2, 0.25) is 0 Å². The summed E-state index contributed by atoms with van der Waals surface area (Å²) in [5, 5.41) is 0.384. The molecule has 0 amide bonds. The average Bonchev–Trinajstić information content (AvgIpc) is 2.79. The molecule has 0 N–H and O–H groups in total. The quantitative estimate of drug-likeness (QED) is 0.183. The van der Waals surface area contributed by atoms with Crippen LogP contribution in [0.5, 0.6) is 11.5 Å². The summed E-state index contributed by atoms with van der Waals surface area (Å²) in [6, 6.07) is 19.8. The maximum Gasteiger partial charge on any atom is 1.00 e. The molecular weight excluding hydrogens is 527 g/mol. The molecule has 0 aliphatic heterocycles. The van der Waals surface area contributed by atoms with E-state index in [1.165, 1.54) is 60.7 Å². The molecule has 0 saturated heterocycles. The van der Waals surface area contributed by atoms with Crippen LogP contribution in [0.25, 0.3) is 10.8 Å². The monoisotopic (exact) mass is 542 g/mol. The van der Waals surface area contributed by atoms with Crippen LogP contribution in [-0.4, -0.2) is 29.8 Å². The van der Waals surface area contributed by atoms with Crippen LogP contribution in [0.1, 0.15) is 0 Å². The summed E-state index contributed by atoms with van der Waals surface area (Å²) in [5.41, 5.74) is 0. The van der Waals surface area contributed by atoms with Gasteiger partial charge < -0.3 is 12.9 Å². The molecule has 0 heterocycles. The fraction of sp³-hybridized carbons (Fsp3) is 0. The minimum atomic E-state index is -4.80. The van der Waals surface area contributed by atoms with Crippen LogP contribution in [0.3, 0.4) is 0 Å². The zero-order chi connectivity index (χ0) is 24.6. The van der Waals surface area contributed by atoms with Crippen molar-refractivity contribution in [3.8, 4) is 11.5 Å². The first kappa shape index (κ1) is 27.1. The molecule has 35 heavy (non-hydrogen) atoms. The van der Waals surface area contributed by atoms with Crippen molar-refractivity contribution in [1.82, 2.24) is 0 Å². The van der Waals surface area contributed by atoms with E-state index >= 15 is 0 Å². The zero-order valence-electron chi connectivity index (χ0n) is 18.1. The predicted molar refractivity (Wildman–Crippen MR) is 120 cm³/mol. The van der Waals surface area contributed by atoms with E-state index < -0.39 is 46.7 Å². The second kappa shape index (κ2) is 10.3. The Bertz CT molecular complexity index is 1690. The third-order valence-electron chi connectivity index (χ3n) is 4.63. The summed E-state index contributed by atoms with van der Waals surface area (Å²) < 4.78 is 95.7. The van der Waals surface area contributed by atoms with E-state index in [2.05, 4.69) is 0 Å². The Morgan fingerprint density at radius 3 is 1.37 bits per heavy atom. The van der Waals surface area contributed by atoms with Crippen LogP contribution in [0.15, 0.2) is 106 Å². The molecule has 4 aromatic rings. The van der Waals surface area contributed by atoms with Gasteiger partial charge in [0.25, 0.3) is 0 Å². The second-order valence-corrected chi connectivity index (χ2v) is 11.4. The average molecular weight is 543 g/mol. The number of hydrogen-bond acceptors (Lipinski definition) is 9. The summed E-state index contributed by atoms with van der Waals surface area (Å²) in [7, 11) is -13.6. The molecule has 0 bridgehead atoms. The molecule has 0 saturated carbocycles. The van der Waals surface area contributed by atoms with Crippen LogP contribution in [-0.2, 0) is 30.4 Å². The molecule has 0 atom stereocenters. The molecule has 0 aliphatic rings. The Morgan fingerprint density at radius 1 is 0.514 bits per heavy atom. The van der Waals surface area contributed by atoms with Crippen LogP contribution < -0.4 is 37.9 Å². The fourth-order valence-corrected chi connectivity index (χ4v) is 5.44. The van der Waals surface area contributed by atoms with E-state index in [4.69, 9.17) is 8.37 Å². The molecule has 0 radical (unpaired) electrons. The smallest absolute Gasteiger partial charge is 0.744 e. The zero-order valence-corrected chi connectivity index (χ0v) is 22.5. The van der Waals surface area contributed by atoms with Gasteiger partial charge in [0.05, 0.1) is 4.90 Å². The molecular formula is C22H15NaO9S3. The van der Waals surface area contributed by atoms with Crippen molar-refractivity contribution in [2.24, 2.45) is 0 Å². The summed E-state index contributed by atoms with van der Waals surface area (Å²) in [4.78, 5) is -0.940. The molecule has 4 rings (SSSR count). The molecule has 9 nitrogen and oxygen atoms in total. The maximum absolute atomic E-state index is 12.8. The summed E-state index contributed by atoms with van der Waals surface area (Å²) in [6.45, 7) is 0. The maximum atomic E-state index is 12.8. The fourth-order valence-electron chi connectivity index (χ4n) is 3.03. The van der Waals surface area contributed by atoms with E-state index in [1.54, 1.807) is 12.1 Å². The van der Waals surface area contributed by atoms with Crippen molar-refractivity contribution in [3.05, 3.63) is 91.0 Å². The Balaban J connectivity index is 0.00000342. The first-order valence-corrected chi connectivity index (χ1v) is 13.7. The van der Waals surface area contributed by atoms with E-state index in [-0.39, 0.29) is 50.1 Å². The predicted octanol–water partition coefficient (Wildman–Crippen LogP) is 0.283. The number of benzene rings is 4. The molecule has 4 aromatic carbocycles. The van der Waals surface area contributed by atoms with E-state index in [1.807, 2.05) is 0 Å². The van der Waals surface area contributed by atoms with Gasteiger partial charge in [0.1, 0.15) is 19.9 Å². The van der Waals surface area contributed by atoms with Gasteiger partial charge in [0.2, 0.25) is 0 Å². The van der Waals surface area contributed by atoms with Gasteiger partial charge in [-0.05, 0) is 59.3 Å². The van der Waals surface area contributed by atoms with E-state index in [0.717, 1.165) is 18.2 Å². The van der Waals surface area contributed by atoms with Gasteiger partial charge in [-0.2, -0.15) is 16.8 Å². The van der Waals surface area contributed by atoms with Gasteiger partial charge in [0.15, 0.2) is 11.5 Å². The summed E-state index contributed by atoms with van der Waals surface area (Å²) >= 11 is 0. The number of fused-ring (bicyclic) bond motifs is 1. The van der Waals surface area contributed by atoms with Crippen molar-refractivity contribution in [3.63, 3.8) is 0 Å². The number of rotatable bonds is 7. The molecule has 0 aromatic heterocycles. The first-order valence-electron chi connectivity index (χ1n) is 9.48. The largest absolute Gasteiger partial charge is 1.00 e. The molecule has 0 aliphatic carbocycles. The van der Waals surface area contributed by atoms with Crippen LogP contribution >= 0.6 is 0 Å². The van der Waals surface area contributed by atoms with Gasteiger partial charge in [-0.15, -0.1) is 0 Å². The minimum absolute atomic E-state index is 0. The van der Waals surface area contributed by atoms with Gasteiger partial charge in [-0.3, -0.25) is 0 Å². The van der Waals surface area contributed by atoms with Crippen molar-refractivity contribution in [2.45, 2.75) is 14.7 Å². The van der Waals surface area contributed by atoms with Crippen LogP contribution in [0.4, 0.5) is 0 Å². The van der Waals surface area contributed by atoms with Crippen molar-refractivity contribution < 1.29 is 67.7 Å². The van der Waals surface area contributed by atoms with Gasteiger partial charge in [-0.1, -0.05) is 42.5 Å². The van der Waals surface area contributed by atoms with Crippen molar-refractivity contribution in [2.75, 3.05) is 0 Å². The molecule has 0 unspecified atom stereocenters. The Labute approximate surface area is 224 Å². The molecule has 0 fully saturated rings. The van der Waals surface area contributed by atoms with Gasteiger partial charge in [0, 0.05) is 0 Å². The number of hydrogen-bond donors (Lipinski definition) is 0. The SMILES string of the molecule is O=S(=O)([O-])c1ccc2cc(OS(=O)(=O)c3ccccc3)c(OS(=O)(=O)c3ccccc3)cc2c1.[Na+]. The van der Waals surface area contributed by atoms with Crippen molar-refractivity contribution in [1.29, 1.82) is 0 Å². The third-order valence-corrected chi connectivity index (χ3v) is 7.95. The Morgan fingerprint density at radius 2 is 0.943 bits per heavy atom. The second-order valence-electron chi connectivity index (χ2n) is 6.96. The van der Waals surface area contributed by atoms with Gasteiger partial charge in [-0.25, -0.2) is 8.42 Å². The van der Waals surface area contributed by atoms with Gasteiger partial charge >= 0.3 is 49.8 Å². The Kier molecular flexibility index (Phi) is 7.96. The molecule has 176 valence electrons. The minimum Gasteiger partial charge on any atom is -0.744 e. The molecule has 13 heteroatoms. The Hall–Kier alpha value is -2.45. The summed E-state index contributed by atoms with van der Waals surface area (Å²) in [6.07, 6.45) is 0. The topological polar surface area (TPSA) is 144 Å². The van der Waals surface area contributed by atoms with E-state index in [0.29, 0.717) is 0 Å².